The number of carbonyl (C=O) groups excluding carboxylic acids is 1. The van der Waals surface area contributed by atoms with Gasteiger partial charge in [-0.1, -0.05) is 74.2 Å². The first-order valence-corrected chi connectivity index (χ1v) is 8.63. The smallest absolute Gasteiger partial charge is 0.266 e. The molecule has 1 atom stereocenters. The first kappa shape index (κ1) is 17.0. The molecule has 0 aliphatic carbocycles. The number of hydrogen-bond donors (Lipinski definition) is 0. The SMILES string of the molecule is CC(=C\c1ccccc1)/C=C1/SC(=S)N(C(C)C(C)C)C1=O. The summed E-state index contributed by atoms with van der Waals surface area (Å²) >= 11 is 6.77. The number of hydrogen-bond acceptors (Lipinski definition) is 3. The van der Waals surface area contributed by atoms with Crippen LogP contribution in [0, 0.1) is 5.92 Å². The van der Waals surface area contributed by atoms with E-state index in [-0.39, 0.29) is 11.9 Å². The van der Waals surface area contributed by atoms with Crippen LogP contribution in [0.2, 0.25) is 0 Å². The highest BCUT2D eigenvalue weighted by Gasteiger charge is 2.36. The van der Waals surface area contributed by atoms with Crippen LogP contribution < -0.4 is 0 Å². The molecule has 1 heterocycles. The zero-order valence-electron chi connectivity index (χ0n) is 13.4. The molecule has 4 heteroatoms. The van der Waals surface area contributed by atoms with Crippen LogP contribution in [-0.2, 0) is 4.79 Å². The van der Waals surface area contributed by atoms with Crippen molar-refractivity contribution in [2.45, 2.75) is 33.7 Å². The number of rotatable bonds is 4. The molecule has 1 fully saturated rings. The molecule has 0 saturated carbocycles. The summed E-state index contributed by atoms with van der Waals surface area (Å²) in [6.07, 6.45) is 4.00. The maximum atomic E-state index is 12.6. The third kappa shape index (κ3) is 3.87. The molecule has 0 spiro atoms. The number of thiocarbonyl (C=S) groups is 1. The van der Waals surface area contributed by atoms with Gasteiger partial charge in [-0.05, 0) is 37.0 Å². The van der Waals surface area contributed by atoms with Gasteiger partial charge in [-0.2, -0.15) is 0 Å². The van der Waals surface area contributed by atoms with Crippen molar-refractivity contribution in [2.24, 2.45) is 5.92 Å². The summed E-state index contributed by atoms with van der Waals surface area (Å²) in [6, 6.07) is 10.2. The summed E-state index contributed by atoms with van der Waals surface area (Å²) in [5, 5.41) is 0. The van der Waals surface area contributed by atoms with Crippen molar-refractivity contribution in [3.63, 3.8) is 0 Å². The molecule has 2 nitrogen and oxygen atoms in total. The highest BCUT2D eigenvalue weighted by molar-refractivity contribution is 8.26. The van der Waals surface area contributed by atoms with Crippen LogP contribution in [0.3, 0.4) is 0 Å². The van der Waals surface area contributed by atoms with Crippen LogP contribution in [0.15, 0.2) is 46.9 Å². The molecule has 1 aromatic rings. The summed E-state index contributed by atoms with van der Waals surface area (Å²) in [7, 11) is 0. The van der Waals surface area contributed by atoms with E-state index in [9.17, 15) is 4.79 Å². The Kier molecular flexibility index (Phi) is 5.59. The molecule has 1 amide bonds. The predicted molar refractivity (Wildman–Crippen MR) is 99.5 cm³/mol. The maximum Gasteiger partial charge on any atom is 0.266 e. The number of thioether (sulfide) groups is 1. The zero-order chi connectivity index (χ0) is 16.3. The Balaban J connectivity index is 2.21. The third-order valence-electron chi connectivity index (χ3n) is 3.75. The van der Waals surface area contributed by atoms with Crippen molar-refractivity contribution >= 4 is 40.3 Å². The molecular weight excluding hydrogens is 310 g/mol. The second kappa shape index (κ2) is 7.25. The van der Waals surface area contributed by atoms with E-state index < -0.39 is 0 Å². The van der Waals surface area contributed by atoms with Crippen molar-refractivity contribution < 1.29 is 4.79 Å². The number of nitrogens with zero attached hydrogens (tertiary/aromatic N) is 1. The van der Waals surface area contributed by atoms with Gasteiger partial charge < -0.3 is 0 Å². The number of amides is 1. The van der Waals surface area contributed by atoms with Crippen molar-refractivity contribution in [2.75, 3.05) is 0 Å². The Morgan fingerprint density at radius 3 is 2.45 bits per heavy atom. The topological polar surface area (TPSA) is 20.3 Å². The Bertz CT molecular complexity index is 632. The fourth-order valence-electron chi connectivity index (χ4n) is 2.19. The van der Waals surface area contributed by atoms with Gasteiger partial charge in [0.05, 0.1) is 4.91 Å². The van der Waals surface area contributed by atoms with Gasteiger partial charge in [0.15, 0.2) is 0 Å². The van der Waals surface area contributed by atoms with Gasteiger partial charge >= 0.3 is 0 Å². The number of allylic oxidation sites excluding steroid dienone is 2. The van der Waals surface area contributed by atoms with Crippen LogP contribution in [-0.4, -0.2) is 21.2 Å². The monoisotopic (exact) mass is 331 g/mol. The first-order valence-electron chi connectivity index (χ1n) is 7.40. The van der Waals surface area contributed by atoms with E-state index >= 15 is 0 Å². The fourth-order valence-corrected chi connectivity index (χ4v) is 3.67. The van der Waals surface area contributed by atoms with Crippen LogP contribution in [0.4, 0.5) is 0 Å². The molecule has 0 aromatic heterocycles. The molecule has 0 radical (unpaired) electrons. The average Bonchev–Trinajstić information content (AvgIpc) is 2.73. The highest BCUT2D eigenvalue weighted by atomic mass is 32.2. The van der Waals surface area contributed by atoms with Crippen LogP contribution in [0.1, 0.15) is 33.3 Å². The van der Waals surface area contributed by atoms with Crippen molar-refractivity contribution in [1.82, 2.24) is 4.90 Å². The summed E-state index contributed by atoms with van der Waals surface area (Å²) in [5.74, 6) is 0.403. The van der Waals surface area contributed by atoms with Gasteiger partial charge in [0.25, 0.3) is 5.91 Å². The van der Waals surface area contributed by atoms with Crippen LogP contribution >= 0.6 is 24.0 Å². The summed E-state index contributed by atoms with van der Waals surface area (Å²) in [6.45, 7) is 8.26. The molecule has 1 saturated heterocycles. The van der Waals surface area contributed by atoms with Gasteiger partial charge in [0, 0.05) is 6.04 Å². The van der Waals surface area contributed by atoms with Gasteiger partial charge in [-0.15, -0.1) is 0 Å². The highest BCUT2D eigenvalue weighted by Crippen LogP contribution is 2.34. The second-order valence-corrected chi connectivity index (χ2v) is 7.51. The molecule has 0 bridgehead atoms. The fraction of sp³-hybridized carbons (Fsp3) is 0.333. The third-order valence-corrected chi connectivity index (χ3v) is 5.08. The Morgan fingerprint density at radius 1 is 1.23 bits per heavy atom. The molecular formula is C18H21NOS2. The van der Waals surface area contributed by atoms with Gasteiger partial charge in [-0.25, -0.2) is 0 Å². The molecule has 22 heavy (non-hydrogen) atoms. The van der Waals surface area contributed by atoms with Crippen LogP contribution in [0.25, 0.3) is 6.08 Å². The maximum absolute atomic E-state index is 12.6. The van der Waals surface area contributed by atoms with E-state index in [1.165, 1.54) is 11.8 Å². The summed E-state index contributed by atoms with van der Waals surface area (Å²) in [4.78, 5) is 15.0. The van der Waals surface area contributed by atoms with Crippen molar-refractivity contribution in [1.29, 1.82) is 0 Å². The van der Waals surface area contributed by atoms with Gasteiger partial charge in [-0.3, -0.25) is 9.69 Å². The molecule has 1 aliphatic rings. The molecule has 1 unspecified atom stereocenters. The number of benzene rings is 1. The normalized spacial score (nSPS) is 19.4. The van der Waals surface area contributed by atoms with E-state index in [2.05, 4.69) is 19.9 Å². The van der Waals surface area contributed by atoms with Gasteiger partial charge in [0.1, 0.15) is 4.32 Å². The summed E-state index contributed by atoms with van der Waals surface area (Å²) < 4.78 is 0.657. The quantitative estimate of drug-likeness (QED) is 0.579. The zero-order valence-corrected chi connectivity index (χ0v) is 15.0. The largest absolute Gasteiger partial charge is 0.290 e. The van der Waals surface area contributed by atoms with E-state index in [0.29, 0.717) is 15.1 Å². The number of carbonyl (C=O) groups is 1. The first-order chi connectivity index (χ1) is 10.4. The van der Waals surface area contributed by atoms with E-state index in [4.69, 9.17) is 12.2 Å². The van der Waals surface area contributed by atoms with Gasteiger partial charge in [0.2, 0.25) is 0 Å². The molecule has 1 aromatic carbocycles. The van der Waals surface area contributed by atoms with E-state index in [1.807, 2.05) is 50.3 Å². The second-order valence-electron chi connectivity index (χ2n) is 5.84. The molecule has 2 rings (SSSR count). The minimum absolute atomic E-state index is 0.0250. The van der Waals surface area contributed by atoms with E-state index in [1.54, 1.807) is 4.90 Å². The lowest BCUT2D eigenvalue weighted by atomic mass is 10.1. The van der Waals surface area contributed by atoms with Crippen molar-refractivity contribution in [3.8, 4) is 0 Å². The Labute approximate surface area is 142 Å². The Hall–Kier alpha value is -1.39. The standard InChI is InChI=1S/C18H21NOS2/c1-12(2)14(4)19-17(20)16(22-18(19)21)11-13(3)10-15-8-6-5-7-9-15/h5-12,14H,1-4H3/b13-10+,16-11+. The predicted octanol–water partition coefficient (Wildman–Crippen LogP) is 4.88. The van der Waals surface area contributed by atoms with Crippen molar-refractivity contribution in [3.05, 3.63) is 52.4 Å². The summed E-state index contributed by atoms with van der Waals surface area (Å²) in [5.41, 5.74) is 2.17. The molecule has 1 aliphatic heterocycles. The molecule has 0 N–H and O–H groups in total. The van der Waals surface area contributed by atoms with Crippen LogP contribution in [0.5, 0.6) is 0 Å². The lowest BCUT2D eigenvalue weighted by molar-refractivity contribution is -0.124. The minimum atomic E-state index is 0.0250. The van der Waals surface area contributed by atoms with E-state index in [0.717, 1.165) is 11.1 Å². The minimum Gasteiger partial charge on any atom is -0.290 e. The molecule has 116 valence electrons. The average molecular weight is 332 g/mol. The Morgan fingerprint density at radius 2 is 1.86 bits per heavy atom. The lowest BCUT2D eigenvalue weighted by Gasteiger charge is -2.26. The lowest BCUT2D eigenvalue weighted by Crippen LogP contribution is -2.39.